The normalized spacial score (nSPS) is 14.3. The minimum absolute atomic E-state index is 0.107. The van der Waals surface area contributed by atoms with Gasteiger partial charge in [-0.2, -0.15) is 15.1 Å². The second kappa shape index (κ2) is 9.51. The van der Waals surface area contributed by atoms with E-state index in [1.54, 1.807) is 26.3 Å². The molecule has 1 fully saturated rings. The molecule has 0 saturated carbocycles. The van der Waals surface area contributed by atoms with Crippen molar-refractivity contribution in [1.82, 2.24) is 39.4 Å². The number of hydrogen-bond acceptors (Lipinski definition) is 8. The summed E-state index contributed by atoms with van der Waals surface area (Å²) in [5.41, 5.74) is 1.94. The fraction of sp³-hybridized carbons (Fsp3) is 0.269. The SMILES string of the molecule is C=CCn1c(=O)c2cnc(Nc3ccc4nn(C)cc4c3)nc2n1-c1cccc(OC2CCNCC2)n1. The lowest BCUT2D eigenvalue weighted by Gasteiger charge is -2.23. The fourth-order valence-electron chi connectivity index (χ4n) is 4.64. The highest BCUT2D eigenvalue weighted by Crippen LogP contribution is 2.23. The molecule has 1 aliphatic rings. The molecule has 0 aliphatic carbocycles. The molecule has 6 rings (SSSR count). The van der Waals surface area contributed by atoms with Gasteiger partial charge in [0.25, 0.3) is 5.56 Å². The number of fused-ring (bicyclic) bond motifs is 2. The Morgan fingerprint density at radius 1 is 1.22 bits per heavy atom. The van der Waals surface area contributed by atoms with Crippen molar-refractivity contribution in [3.63, 3.8) is 0 Å². The first kappa shape index (κ1) is 22.9. The van der Waals surface area contributed by atoms with E-state index in [1.165, 1.54) is 0 Å². The standard InChI is InChI=1S/C26H27N9O2/c1-3-13-34-25(36)20-15-28-26(29-18-7-8-21-17(14-18)16-33(2)32-21)31-24(20)35(34)22-5-4-6-23(30-22)37-19-9-11-27-12-10-19/h3-8,14-16,19,27H,1,9-13H2,2H3,(H,28,29,31). The first-order chi connectivity index (χ1) is 18.1. The summed E-state index contributed by atoms with van der Waals surface area (Å²) in [4.78, 5) is 27.1. The summed E-state index contributed by atoms with van der Waals surface area (Å²) in [6, 6.07) is 11.4. The number of piperidine rings is 1. The van der Waals surface area contributed by atoms with E-state index in [4.69, 9.17) is 14.7 Å². The molecule has 11 heteroatoms. The Morgan fingerprint density at radius 3 is 2.92 bits per heavy atom. The zero-order valence-corrected chi connectivity index (χ0v) is 20.5. The maximum absolute atomic E-state index is 13.3. The second-order valence-electron chi connectivity index (χ2n) is 9.02. The predicted molar refractivity (Wildman–Crippen MR) is 142 cm³/mol. The average Bonchev–Trinajstić information content (AvgIpc) is 3.40. The number of allylic oxidation sites excluding steroid dienone is 1. The van der Waals surface area contributed by atoms with Gasteiger partial charge < -0.3 is 15.4 Å². The molecule has 0 bridgehead atoms. The van der Waals surface area contributed by atoms with E-state index < -0.39 is 0 Å². The van der Waals surface area contributed by atoms with Crippen LogP contribution >= 0.6 is 0 Å². The summed E-state index contributed by atoms with van der Waals surface area (Å²) in [5, 5.41) is 12.4. The molecular weight excluding hydrogens is 470 g/mol. The molecule has 5 aromatic rings. The number of ether oxygens (including phenoxy) is 1. The molecule has 0 amide bonds. The lowest BCUT2D eigenvalue weighted by Crippen LogP contribution is -2.34. The van der Waals surface area contributed by atoms with Crippen LogP contribution in [0.1, 0.15) is 12.8 Å². The molecule has 11 nitrogen and oxygen atoms in total. The summed E-state index contributed by atoms with van der Waals surface area (Å²) >= 11 is 0. The van der Waals surface area contributed by atoms with Crippen molar-refractivity contribution in [2.45, 2.75) is 25.5 Å². The number of anilines is 2. The smallest absolute Gasteiger partial charge is 0.278 e. The molecule has 1 saturated heterocycles. The Balaban J connectivity index is 1.40. The number of hydrogen-bond donors (Lipinski definition) is 2. The molecule has 0 unspecified atom stereocenters. The molecule has 0 radical (unpaired) electrons. The number of pyridine rings is 1. The van der Waals surface area contributed by atoms with Crippen molar-refractivity contribution in [1.29, 1.82) is 0 Å². The molecule has 0 atom stereocenters. The van der Waals surface area contributed by atoms with E-state index in [-0.39, 0.29) is 18.2 Å². The van der Waals surface area contributed by atoms with Crippen molar-refractivity contribution in [2.24, 2.45) is 7.05 Å². The van der Waals surface area contributed by atoms with Crippen LogP contribution < -0.4 is 20.9 Å². The van der Waals surface area contributed by atoms with Gasteiger partial charge in [0.2, 0.25) is 11.8 Å². The van der Waals surface area contributed by atoms with E-state index in [0.717, 1.165) is 42.5 Å². The van der Waals surface area contributed by atoms with Crippen LogP contribution in [0.3, 0.4) is 0 Å². The second-order valence-corrected chi connectivity index (χ2v) is 9.02. The van der Waals surface area contributed by atoms with E-state index in [9.17, 15) is 4.79 Å². The average molecular weight is 498 g/mol. The zero-order valence-electron chi connectivity index (χ0n) is 20.5. The zero-order chi connectivity index (χ0) is 25.4. The van der Waals surface area contributed by atoms with Crippen LogP contribution in [0.5, 0.6) is 5.88 Å². The molecule has 37 heavy (non-hydrogen) atoms. The summed E-state index contributed by atoms with van der Waals surface area (Å²) in [6.45, 7) is 5.95. The maximum Gasteiger partial charge on any atom is 0.278 e. The van der Waals surface area contributed by atoms with Gasteiger partial charge in [0.05, 0.1) is 12.1 Å². The number of aromatic nitrogens is 7. The summed E-state index contributed by atoms with van der Waals surface area (Å²) < 4.78 is 11.2. The molecule has 0 spiro atoms. The minimum Gasteiger partial charge on any atom is -0.474 e. The topological polar surface area (TPSA) is 117 Å². The first-order valence-corrected chi connectivity index (χ1v) is 12.2. The van der Waals surface area contributed by atoms with Crippen molar-refractivity contribution in [3.05, 3.63) is 71.8 Å². The first-order valence-electron chi connectivity index (χ1n) is 12.2. The molecule has 188 valence electrons. The van der Waals surface area contributed by atoms with Gasteiger partial charge in [0.15, 0.2) is 11.5 Å². The molecular formula is C26H27N9O2. The molecule has 4 aromatic heterocycles. The van der Waals surface area contributed by atoms with E-state index in [0.29, 0.717) is 28.7 Å². The highest BCUT2D eigenvalue weighted by molar-refractivity contribution is 5.83. The lowest BCUT2D eigenvalue weighted by molar-refractivity contribution is 0.156. The largest absolute Gasteiger partial charge is 0.474 e. The third-order valence-electron chi connectivity index (χ3n) is 6.35. The molecule has 1 aliphatic heterocycles. The third-order valence-corrected chi connectivity index (χ3v) is 6.35. The number of rotatable bonds is 7. The summed E-state index contributed by atoms with van der Waals surface area (Å²) in [6.07, 6.45) is 7.11. The van der Waals surface area contributed by atoms with Crippen LogP contribution in [0.25, 0.3) is 27.8 Å². The Morgan fingerprint density at radius 2 is 2.08 bits per heavy atom. The Kier molecular flexibility index (Phi) is 5.89. The van der Waals surface area contributed by atoms with Crippen molar-refractivity contribution in [3.8, 4) is 11.7 Å². The fourth-order valence-corrected chi connectivity index (χ4v) is 4.64. The Labute approximate surface area is 212 Å². The van der Waals surface area contributed by atoms with Crippen LogP contribution in [-0.2, 0) is 13.6 Å². The maximum atomic E-state index is 13.3. The third kappa shape index (κ3) is 4.45. The molecule has 2 N–H and O–H groups in total. The molecule has 1 aromatic carbocycles. The predicted octanol–water partition coefficient (Wildman–Crippen LogP) is 2.92. The van der Waals surface area contributed by atoms with Gasteiger partial charge in [-0.1, -0.05) is 12.1 Å². The number of aryl methyl sites for hydroxylation is 1. The van der Waals surface area contributed by atoms with Crippen molar-refractivity contribution in [2.75, 3.05) is 18.4 Å². The van der Waals surface area contributed by atoms with E-state index in [2.05, 4.69) is 27.3 Å². The van der Waals surface area contributed by atoms with Crippen LogP contribution in [0.2, 0.25) is 0 Å². The van der Waals surface area contributed by atoms with E-state index in [1.807, 2.05) is 49.6 Å². The van der Waals surface area contributed by atoms with Gasteiger partial charge in [0.1, 0.15) is 11.5 Å². The Hall–Kier alpha value is -4.51. The number of nitrogens with one attached hydrogen (secondary N) is 2. The highest BCUT2D eigenvalue weighted by atomic mass is 16.5. The van der Waals surface area contributed by atoms with E-state index >= 15 is 0 Å². The van der Waals surface area contributed by atoms with Gasteiger partial charge >= 0.3 is 0 Å². The van der Waals surface area contributed by atoms with Gasteiger partial charge in [0, 0.05) is 36.6 Å². The van der Waals surface area contributed by atoms with Crippen molar-refractivity contribution >= 4 is 33.6 Å². The van der Waals surface area contributed by atoms with Crippen LogP contribution in [0, 0.1) is 0 Å². The molecule has 5 heterocycles. The minimum atomic E-state index is -0.218. The van der Waals surface area contributed by atoms with Crippen LogP contribution in [-0.4, -0.2) is 53.3 Å². The van der Waals surface area contributed by atoms with Crippen molar-refractivity contribution < 1.29 is 4.74 Å². The number of nitrogens with zero attached hydrogens (tertiary/aromatic N) is 7. The quantitative estimate of drug-likeness (QED) is 0.330. The van der Waals surface area contributed by atoms with Gasteiger partial charge in [-0.3, -0.25) is 9.48 Å². The summed E-state index contributed by atoms with van der Waals surface area (Å²) in [5.74, 6) is 1.41. The van der Waals surface area contributed by atoms with Gasteiger partial charge in [-0.15, -0.1) is 6.58 Å². The van der Waals surface area contributed by atoms with Crippen LogP contribution in [0.4, 0.5) is 11.6 Å². The van der Waals surface area contributed by atoms with Gasteiger partial charge in [-0.05, 0) is 50.2 Å². The monoisotopic (exact) mass is 497 g/mol. The highest BCUT2D eigenvalue weighted by Gasteiger charge is 2.20. The lowest BCUT2D eigenvalue weighted by atomic mass is 10.1. The summed E-state index contributed by atoms with van der Waals surface area (Å²) in [7, 11) is 1.89. The van der Waals surface area contributed by atoms with Crippen LogP contribution in [0.15, 0.2) is 66.2 Å². The Bertz CT molecular complexity index is 1660. The number of benzene rings is 1. The van der Waals surface area contributed by atoms with Gasteiger partial charge in [-0.25, -0.2) is 14.3 Å².